The van der Waals surface area contributed by atoms with Crippen molar-refractivity contribution in [2.45, 2.75) is 12.8 Å². The molecule has 0 unspecified atom stereocenters. The molecule has 2 aromatic carbocycles. The van der Waals surface area contributed by atoms with E-state index in [1.807, 2.05) is 35.2 Å². The first-order chi connectivity index (χ1) is 11.6. The molecule has 0 bridgehead atoms. The van der Waals surface area contributed by atoms with Crippen molar-refractivity contribution in [2.75, 3.05) is 24.5 Å². The van der Waals surface area contributed by atoms with Gasteiger partial charge in [0.25, 0.3) is 5.91 Å². The maximum atomic E-state index is 12.3. The zero-order chi connectivity index (χ0) is 16.7. The predicted molar refractivity (Wildman–Crippen MR) is 91.1 cm³/mol. The van der Waals surface area contributed by atoms with Crippen LogP contribution in [0, 0.1) is 0 Å². The number of likely N-dealkylation sites (tertiary alicyclic amines) is 1. The normalized spacial score (nSPS) is 15.8. The molecule has 4 rings (SSSR count). The van der Waals surface area contributed by atoms with Crippen LogP contribution in [0.25, 0.3) is 0 Å². The van der Waals surface area contributed by atoms with Gasteiger partial charge in [0.15, 0.2) is 0 Å². The molecule has 1 N–H and O–H groups in total. The SMILES string of the molecule is O=C(O)c1ccc(N2CCc3cc(C(=O)N4CCC4)ccc32)cc1. The van der Waals surface area contributed by atoms with Crippen LogP contribution in [0.3, 0.4) is 0 Å². The highest BCUT2D eigenvalue weighted by molar-refractivity contribution is 5.95. The van der Waals surface area contributed by atoms with Crippen molar-refractivity contribution < 1.29 is 14.7 Å². The van der Waals surface area contributed by atoms with Gasteiger partial charge in [0.2, 0.25) is 0 Å². The summed E-state index contributed by atoms with van der Waals surface area (Å²) in [6.45, 7) is 2.55. The Morgan fingerprint density at radius 1 is 0.917 bits per heavy atom. The third-order valence-corrected chi connectivity index (χ3v) is 4.79. The van der Waals surface area contributed by atoms with Crippen molar-refractivity contribution >= 4 is 23.3 Å². The quantitative estimate of drug-likeness (QED) is 0.944. The van der Waals surface area contributed by atoms with Crippen LogP contribution in [-0.4, -0.2) is 41.5 Å². The van der Waals surface area contributed by atoms with Gasteiger partial charge in [-0.05, 0) is 60.9 Å². The van der Waals surface area contributed by atoms with Gasteiger partial charge in [-0.15, -0.1) is 0 Å². The molecule has 1 amide bonds. The number of amides is 1. The molecule has 1 saturated heterocycles. The average Bonchev–Trinajstić information content (AvgIpc) is 2.96. The largest absolute Gasteiger partial charge is 0.478 e. The number of carboxylic acid groups (broad SMARTS) is 1. The Morgan fingerprint density at radius 2 is 1.62 bits per heavy atom. The molecule has 2 aliphatic heterocycles. The van der Waals surface area contributed by atoms with E-state index in [0.29, 0.717) is 0 Å². The standard InChI is InChI=1S/C19H18N2O3/c22-18(20-9-1-10-20)15-4-7-17-14(12-15)8-11-21(17)16-5-2-13(3-6-16)19(23)24/h2-7,12H,1,8-11H2,(H,23,24). The number of benzene rings is 2. The zero-order valence-electron chi connectivity index (χ0n) is 13.2. The van der Waals surface area contributed by atoms with E-state index in [4.69, 9.17) is 5.11 Å². The average molecular weight is 322 g/mol. The van der Waals surface area contributed by atoms with E-state index in [9.17, 15) is 9.59 Å². The number of aromatic carboxylic acids is 1. The smallest absolute Gasteiger partial charge is 0.335 e. The minimum Gasteiger partial charge on any atom is -0.478 e. The Bertz CT molecular complexity index is 810. The summed E-state index contributed by atoms with van der Waals surface area (Å²) in [7, 11) is 0. The maximum Gasteiger partial charge on any atom is 0.335 e. The van der Waals surface area contributed by atoms with E-state index in [1.54, 1.807) is 12.1 Å². The van der Waals surface area contributed by atoms with Gasteiger partial charge in [-0.1, -0.05) is 0 Å². The number of carbonyl (C=O) groups is 2. The number of anilines is 2. The molecule has 24 heavy (non-hydrogen) atoms. The molecule has 2 aromatic rings. The Kier molecular flexibility index (Phi) is 3.49. The Labute approximate surface area is 140 Å². The van der Waals surface area contributed by atoms with E-state index < -0.39 is 5.97 Å². The summed E-state index contributed by atoms with van der Waals surface area (Å²) >= 11 is 0. The summed E-state index contributed by atoms with van der Waals surface area (Å²) in [5.74, 6) is -0.800. The molecular weight excluding hydrogens is 304 g/mol. The van der Waals surface area contributed by atoms with Crippen LogP contribution in [0.2, 0.25) is 0 Å². The number of hydrogen-bond donors (Lipinski definition) is 1. The number of hydrogen-bond acceptors (Lipinski definition) is 3. The molecule has 2 aliphatic rings. The minimum atomic E-state index is -0.919. The van der Waals surface area contributed by atoms with Crippen LogP contribution in [0.4, 0.5) is 11.4 Å². The van der Waals surface area contributed by atoms with Crippen molar-refractivity contribution in [3.8, 4) is 0 Å². The molecular formula is C19H18N2O3. The number of fused-ring (bicyclic) bond motifs is 1. The van der Waals surface area contributed by atoms with E-state index in [1.165, 1.54) is 5.56 Å². The third kappa shape index (κ3) is 2.42. The fourth-order valence-electron chi connectivity index (χ4n) is 3.29. The second kappa shape index (κ2) is 5.67. The van der Waals surface area contributed by atoms with Crippen LogP contribution in [0.1, 0.15) is 32.7 Å². The number of carboxylic acids is 1. The molecule has 0 aliphatic carbocycles. The fraction of sp³-hybridized carbons (Fsp3) is 0.263. The third-order valence-electron chi connectivity index (χ3n) is 4.79. The van der Waals surface area contributed by atoms with Crippen molar-refractivity contribution in [1.29, 1.82) is 0 Å². The zero-order valence-corrected chi connectivity index (χ0v) is 13.2. The van der Waals surface area contributed by atoms with Crippen LogP contribution < -0.4 is 4.90 Å². The Morgan fingerprint density at radius 3 is 2.25 bits per heavy atom. The lowest BCUT2D eigenvalue weighted by Crippen LogP contribution is -2.42. The van der Waals surface area contributed by atoms with Gasteiger partial charge < -0.3 is 14.9 Å². The second-order valence-electron chi connectivity index (χ2n) is 6.24. The van der Waals surface area contributed by atoms with Crippen molar-refractivity contribution in [3.05, 3.63) is 59.2 Å². The number of carbonyl (C=O) groups excluding carboxylic acids is 1. The number of nitrogens with zero attached hydrogens (tertiary/aromatic N) is 2. The molecule has 0 radical (unpaired) electrons. The van der Waals surface area contributed by atoms with Crippen LogP contribution in [-0.2, 0) is 6.42 Å². The van der Waals surface area contributed by atoms with E-state index in [-0.39, 0.29) is 11.5 Å². The molecule has 122 valence electrons. The topological polar surface area (TPSA) is 60.9 Å². The molecule has 0 spiro atoms. The first-order valence-electron chi connectivity index (χ1n) is 8.16. The van der Waals surface area contributed by atoms with Gasteiger partial charge in [0.1, 0.15) is 0 Å². The van der Waals surface area contributed by atoms with Gasteiger partial charge in [0.05, 0.1) is 5.56 Å². The highest BCUT2D eigenvalue weighted by Gasteiger charge is 2.25. The summed E-state index contributed by atoms with van der Waals surface area (Å²) in [4.78, 5) is 27.3. The summed E-state index contributed by atoms with van der Waals surface area (Å²) < 4.78 is 0. The maximum absolute atomic E-state index is 12.3. The van der Waals surface area contributed by atoms with E-state index >= 15 is 0 Å². The van der Waals surface area contributed by atoms with E-state index in [2.05, 4.69) is 4.90 Å². The number of rotatable bonds is 3. The van der Waals surface area contributed by atoms with Crippen molar-refractivity contribution in [1.82, 2.24) is 4.90 Å². The highest BCUT2D eigenvalue weighted by atomic mass is 16.4. The van der Waals surface area contributed by atoms with Gasteiger partial charge in [-0.25, -0.2) is 4.79 Å². The van der Waals surface area contributed by atoms with Gasteiger partial charge in [-0.3, -0.25) is 4.79 Å². The molecule has 0 saturated carbocycles. The summed E-state index contributed by atoms with van der Waals surface area (Å²) in [6.07, 6.45) is 1.98. The lowest BCUT2D eigenvalue weighted by Gasteiger charge is -2.31. The van der Waals surface area contributed by atoms with Crippen molar-refractivity contribution in [3.63, 3.8) is 0 Å². The van der Waals surface area contributed by atoms with Crippen LogP contribution >= 0.6 is 0 Å². The van der Waals surface area contributed by atoms with Crippen LogP contribution in [0.15, 0.2) is 42.5 Å². The summed E-state index contributed by atoms with van der Waals surface area (Å²) in [6, 6.07) is 12.8. The van der Waals surface area contributed by atoms with Gasteiger partial charge >= 0.3 is 5.97 Å². The molecule has 5 heteroatoms. The second-order valence-corrected chi connectivity index (χ2v) is 6.24. The molecule has 2 heterocycles. The molecule has 1 fully saturated rings. The predicted octanol–water partition coefficient (Wildman–Crippen LogP) is 2.92. The minimum absolute atomic E-state index is 0.119. The molecule has 0 aromatic heterocycles. The summed E-state index contributed by atoms with van der Waals surface area (Å²) in [5.41, 5.74) is 4.28. The highest BCUT2D eigenvalue weighted by Crippen LogP contribution is 2.35. The summed E-state index contributed by atoms with van der Waals surface area (Å²) in [5, 5.41) is 9.00. The monoisotopic (exact) mass is 322 g/mol. The lowest BCUT2D eigenvalue weighted by molar-refractivity contribution is 0.0650. The Hall–Kier alpha value is -2.82. The lowest BCUT2D eigenvalue weighted by atomic mass is 10.1. The van der Waals surface area contributed by atoms with Crippen LogP contribution in [0.5, 0.6) is 0 Å². The first kappa shape index (κ1) is 14.8. The first-order valence-corrected chi connectivity index (χ1v) is 8.16. The van der Waals surface area contributed by atoms with Gasteiger partial charge in [0, 0.05) is 36.6 Å². The van der Waals surface area contributed by atoms with E-state index in [0.717, 1.165) is 49.4 Å². The van der Waals surface area contributed by atoms with Gasteiger partial charge in [-0.2, -0.15) is 0 Å². The Balaban J connectivity index is 1.59. The molecule has 5 nitrogen and oxygen atoms in total. The molecule has 0 atom stereocenters. The fourth-order valence-corrected chi connectivity index (χ4v) is 3.29. The van der Waals surface area contributed by atoms with Crippen molar-refractivity contribution in [2.24, 2.45) is 0 Å².